The fraction of sp³-hybridized carbons (Fsp3) is 0.909. The smallest absolute Gasteiger partial charge is 0.223 e. The predicted molar refractivity (Wildman–Crippen MR) is 65.5 cm³/mol. The summed E-state index contributed by atoms with van der Waals surface area (Å²) < 4.78 is 23.8. The molecular formula is C11H20N2O3S. The summed E-state index contributed by atoms with van der Waals surface area (Å²) in [4.78, 5) is 13.5. The number of hydrogen-bond donors (Lipinski definition) is 1. The third-order valence-corrected chi connectivity index (χ3v) is 5.82. The van der Waals surface area contributed by atoms with Crippen LogP contribution >= 0.6 is 0 Å². The molecule has 0 aromatic rings. The maximum Gasteiger partial charge on any atom is 0.223 e. The predicted octanol–water partition coefficient (Wildman–Crippen LogP) is -0.224. The fourth-order valence-electron chi connectivity index (χ4n) is 2.48. The summed E-state index contributed by atoms with van der Waals surface area (Å²) in [6.45, 7) is 2.49. The van der Waals surface area contributed by atoms with Crippen molar-refractivity contribution in [3.8, 4) is 0 Å². The van der Waals surface area contributed by atoms with Crippen molar-refractivity contribution < 1.29 is 13.2 Å². The van der Waals surface area contributed by atoms with E-state index in [2.05, 4.69) is 5.32 Å². The first-order valence-corrected chi connectivity index (χ1v) is 8.01. The first-order chi connectivity index (χ1) is 8.09. The highest BCUT2D eigenvalue weighted by atomic mass is 32.2. The molecule has 1 unspecified atom stereocenters. The van der Waals surface area contributed by atoms with Gasteiger partial charge in [0.25, 0.3) is 0 Å². The van der Waals surface area contributed by atoms with Gasteiger partial charge >= 0.3 is 0 Å². The first-order valence-electron chi connectivity index (χ1n) is 6.30. The van der Waals surface area contributed by atoms with Gasteiger partial charge in [0, 0.05) is 32.6 Å². The molecule has 0 aromatic heterocycles. The summed E-state index contributed by atoms with van der Waals surface area (Å²) in [6, 6.07) is 0. The molecule has 1 atom stereocenters. The molecule has 0 bridgehead atoms. The molecule has 2 rings (SSSR count). The molecule has 2 aliphatic heterocycles. The fourth-order valence-corrected chi connectivity index (χ4v) is 4.36. The Morgan fingerprint density at radius 3 is 2.88 bits per heavy atom. The Labute approximate surface area is 102 Å². The monoisotopic (exact) mass is 260 g/mol. The zero-order valence-electron chi connectivity index (χ0n) is 10.0. The standard InChI is InChI=1S/C11H20N2O3S/c14-11-4-5-12-6-7-13(11)9-10-3-1-2-8-17(10,15)16/h10,12H,1-9H2. The van der Waals surface area contributed by atoms with Crippen molar-refractivity contribution in [3.05, 3.63) is 0 Å². The zero-order chi connectivity index (χ0) is 12.3. The molecule has 17 heavy (non-hydrogen) atoms. The van der Waals surface area contributed by atoms with E-state index < -0.39 is 9.84 Å². The molecule has 0 radical (unpaired) electrons. The molecule has 2 fully saturated rings. The molecule has 98 valence electrons. The molecule has 1 N–H and O–H groups in total. The van der Waals surface area contributed by atoms with Crippen molar-refractivity contribution in [1.82, 2.24) is 10.2 Å². The Balaban J connectivity index is 2.01. The summed E-state index contributed by atoms with van der Waals surface area (Å²) in [5.74, 6) is 0.369. The molecule has 2 heterocycles. The van der Waals surface area contributed by atoms with E-state index in [9.17, 15) is 13.2 Å². The molecule has 2 saturated heterocycles. The topological polar surface area (TPSA) is 66.5 Å². The van der Waals surface area contributed by atoms with Crippen LogP contribution in [0.2, 0.25) is 0 Å². The Morgan fingerprint density at radius 1 is 1.29 bits per heavy atom. The van der Waals surface area contributed by atoms with Gasteiger partial charge in [-0.25, -0.2) is 8.42 Å². The second-order valence-corrected chi connectivity index (χ2v) is 7.23. The van der Waals surface area contributed by atoms with Crippen LogP contribution in [0, 0.1) is 0 Å². The van der Waals surface area contributed by atoms with Crippen LogP contribution in [-0.2, 0) is 14.6 Å². The van der Waals surface area contributed by atoms with Crippen molar-refractivity contribution >= 4 is 15.7 Å². The molecule has 0 saturated carbocycles. The van der Waals surface area contributed by atoms with Gasteiger partial charge in [-0.1, -0.05) is 6.42 Å². The molecule has 0 spiro atoms. The minimum absolute atomic E-state index is 0.0794. The summed E-state index contributed by atoms with van der Waals surface area (Å²) in [5, 5.41) is 2.82. The van der Waals surface area contributed by atoms with Crippen molar-refractivity contribution in [2.75, 3.05) is 31.9 Å². The number of sulfone groups is 1. The van der Waals surface area contributed by atoms with Gasteiger partial charge in [-0.05, 0) is 12.8 Å². The molecule has 1 amide bonds. The van der Waals surface area contributed by atoms with Crippen molar-refractivity contribution in [3.63, 3.8) is 0 Å². The average molecular weight is 260 g/mol. The van der Waals surface area contributed by atoms with E-state index in [1.165, 1.54) is 0 Å². The molecule has 0 aromatic carbocycles. The van der Waals surface area contributed by atoms with E-state index in [0.717, 1.165) is 19.4 Å². The van der Waals surface area contributed by atoms with Gasteiger partial charge in [0.2, 0.25) is 5.91 Å². The van der Waals surface area contributed by atoms with Crippen LogP contribution in [0.25, 0.3) is 0 Å². The third kappa shape index (κ3) is 3.19. The normalized spacial score (nSPS) is 30.0. The number of carbonyl (C=O) groups excluding carboxylic acids is 1. The lowest BCUT2D eigenvalue weighted by molar-refractivity contribution is -0.130. The largest absolute Gasteiger partial charge is 0.340 e. The number of nitrogens with zero attached hydrogens (tertiary/aromatic N) is 1. The summed E-state index contributed by atoms with van der Waals surface area (Å²) in [7, 11) is -2.97. The molecule has 6 heteroatoms. The summed E-state index contributed by atoms with van der Waals surface area (Å²) >= 11 is 0. The lowest BCUT2D eigenvalue weighted by Crippen LogP contribution is -2.43. The number of amides is 1. The van der Waals surface area contributed by atoms with Gasteiger partial charge in [-0.15, -0.1) is 0 Å². The second-order valence-electron chi connectivity index (χ2n) is 4.82. The van der Waals surface area contributed by atoms with E-state index in [-0.39, 0.29) is 16.9 Å². The van der Waals surface area contributed by atoms with E-state index >= 15 is 0 Å². The number of rotatable bonds is 2. The molecule has 2 aliphatic rings. The minimum atomic E-state index is -2.97. The lowest BCUT2D eigenvalue weighted by Gasteiger charge is -2.28. The quantitative estimate of drug-likeness (QED) is 0.745. The molecule has 0 aliphatic carbocycles. The Kier molecular flexibility index (Phi) is 4.04. The van der Waals surface area contributed by atoms with Crippen LogP contribution in [0.4, 0.5) is 0 Å². The van der Waals surface area contributed by atoms with Crippen LogP contribution in [0.1, 0.15) is 25.7 Å². The highest BCUT2D eigenvalue weighted by molar-refractivity contribution is 7.92. The van der Waals surface area contributed by atoms with Crippen LogP contribution in [0.15, 0.2) is 0 Å². The van der Waals surface area contributed by atoms with Crippen LogP contribution in [-0.4, -0.2) is 56.4 Å². The lowest BCUT2D eigenvalue weighted by atomic mass is 10.2. The SMILES string of the molecule is O=C1CCNCCN1CC1CCCCS1(=O)=O. The highest BCUT2D eigenvalue weighted by Crippen LogP contribution is 2.20. The second kappa shape index (κ2) is 5.35. The number of hydrogen-bond acceptors (Lipinski definition) is 4. The molecular weight excluding hydrogens is 240 g/mol. The zero-order valence-corrected chi connectivity index (χ0v) is 10.8. The van der Waals surface area contributed by atoms with Gasteiger partial charge in [0.05, 0.1) is 11.0 Å². The van der Waals surface area contributed by atoms with Gasteiger partial charge in [-0.3, -0.25) is 4.79 Å². The Hall–Kier alpha value is -0.620. The van der Waals surface area contributed by atoms with Gasteiger partial charge in [0.1, 0.15) is 0 Å². The van der Waals surface area contributed by atoms with Gasteiger partial charge in [0.15, 0.2) is 9.84 Å². The van der Waals surface area contributed by atoms with Crippen LogP contribution in [0.3, 0.4) is 0 Å². The van der Waals surface area contributed by atoms with Gasteiger partial charge in [-0.2, -0.15) is 0 Å². The Morgan fingerprint density at radius 2 is 2.12 bits per heavy atom. The van der Waals surface area contributed by atoms with Crippen LogP contribution < -0.4 is 5.32 Å². The molecule has 5 nitrogen and oxygen atoms in total. The number of carbonyl (C=O) groups is 1. The number of nitrogens with one attached hydrogen (secondary N) is 1. The van der Waals surface area contributed by atoms with Crippen molar-refractivity contribution in [2.45, 2.75) is 30.9 Å². The summed E-state index contributed by atoms with van der Waals surface area (Å²) in [5.41, 5.74) is 0. The maximum absolute atomic E-state index is 11.9. The average Bonchev–Trinajstić information content (AvgIpc) is 2.47. The summed E-state index contributed by atoms with van der Waals surface area (Å²) in [6.07, 6.45) is 2.92. The van der Waals surface area contributed by atoms with Crippen LogP contribution in [0.5, 0.6) is 0 Å². The van der Waals surface area contributed by atoms with Crippen molar-refractivity contribution in [2.24, 2.45) is 0 Å². The van der Waals surface area contributed by atoms with Gasteiger partial charge < -0.3 is 10.2 Å². The Bertz CT molecular complexity index is 380. The highest BCUT2D eigenvalue weighted by Gasteiger charge is 2.31. The minimum Gasteiger partial charge on any atom is -0.340 e. The maximum atomic E-state index is 11.9. The third-order valence-electron chi connectivity index (χ3n) is 3.56. The van der Waals surface area contributed by atoms with E-state index in [0.29, 0.717) is 32.5 Å². The van der Waals surface area contributed by atoms with Crippen molar-refractivity contribution in [1.29, 1.82) is 0 Å². The van der Waals surface area contributed by atoms with E-state index in [1.807, 2.05) is 0 Å². The van der Waals surface area contributed by atoms with E-state index in [1.54, 1.807) is 4.90 Å². The first kappa shape index (κ1) is 12.8. The van der Waals surface area contributed by atoms with E-state index in [4.69, 9.17) is 0 Å².